The van der Waals surface area contributed by atoms with Crippen LogP contribution >= 0.6 is 0 Å². The van der Waals surface area contributed by atoms with Crippen LogP contribution < -0.4 is 20.5 Å². The first-order chi connectivity index (χ1) is 10.7. The van der Waals surface area contributed by atoms with E-state index in [1.807, 2.05) is 0 Å². The normalized spacial score (nSPS) is 10.6. The lowest BCUT2D eigenvalue weighted by molar-refractivity contribution is -0.577. The Morgan fingerprint density at radius 3 is 2.32 bits per heavy atom. The molecule has 0 aliphatic carbocycles. The largest absolute Gasteiger partial charge is 0.754 e. The maximum atomic E-state index is 11.7. The van der Waals surface area contributed by atoms with Crippen LogP contribution in [-0.2, 0) is 0 Å². The molecule has 0 aliphatic heterocycles. The summed E-state index contributed by atoms with van der Waals surface area (Å²) < 4.78 is 5.60. The molecule has 6 nitrogen and oxygen atoms in total. The van der Waals surface area contributed by atoms with E-state index in [9.17, 15) is 5.21 Å². The van der Waals surface area contributed by atoms with Crippen LogP contribution in [0.5, 0.6) is 5.88 Å². The van der Waals surface area contributed by atoms with E-state index in [2.05, 4.69) is 17.2 Å². The minimum atomic E-state index is -0.103. The Morgan fingerprint density at radius 1 is 1.14 bits per heavy atom. The number of hydrogen-bond acceptors (Lipinski definition) is 5. The number of ether oxygens (including phenoxy) is 1. The number of anilines is 2. The highest BCUT2D eigenvalue weighted by Gasteiger charge is 2.10. The van der Waals surface area contributed by atoms with E-state index in [1.165, 1.54) is 58.5 Å². The van der Waals surface area contributed by atoms with Gasteiger partial charge in [-0.3, -0.25) is 0 Å². The lowest BCUT2D eigenvalue weighted by Gasteiger charge is -2.13. The second-order valence-corrected chi connectivity index (χ2v) is 5.59. The number of aromatic nitrogens is 2. The molecule has 3 N–H and O–H groups in total. The summed E-state index contributed by atoms with van der Waals surface area (Å²) in [7, 11) is 1.50. The van der Waals surface area contributed by atoms with E-state index in [0.717, 1.165) is 13.0 Å². The van der Waals surface area contributed by atoms with Crippen molar-refractivity contribution >= 4 is 11.8 Å². The van der Waals surface area contributed by atoms with E-state index in [4.69, 9.17) is 10.5 Å². The van der Waals surface area contributed by atoms with E-state index in [1.54, 1.807) is 6.07 Å². The van der Waals surface area contributed by atoms with Crippen molar-refractivity contribution in [3.63, 3.8) is 0 Å². The minimum Gasteiger partial charge on any atom is -0.754 e. The summed E-state index contributed by atoms with van der Waals surface area (Å²) in [6.45, 7) is 3.00. The zero-order valence-electron chi connectivity index (χ0n) is 13.9. The third-order valence-electron chi connectivity index (χ3n) is 3.71. The van der Waals surface area contributed by atoms with Gasteiger partial charge in [-0.05, 0) is 6.42 Å². The summed E-state index contributed by atoms with van der Waals surface area (Å²) in [6.07, 6.45) is 11.5. The topological polar surface area (TPSA) is 87.1 Å². The summed E-state index contributed by atoms with van der Waals surface area (Å²) in [5.41, 5.74) is 5.54. The highest BCUT2D eigenvalue weighted by Crippen LogP contribution is 2.13. The van der Waals surface area contributed by atoms with Crippen LogP contribution in [0.15, 0.2) is 6.07 Å². The number of hydrogen-bond donors (Lipinski definition) is 2. The summed E-state index contributed by atoms with van der Waals surface area (Å²) >= 11 is 0. The van der Waals surface area contributed by atoms with Crippen LogP contribution in [0.25, 0.3) is 0 Å². The number of nitrogen functional groups attached to an aromatic ring is 1. The standard InChI is InChI=1S/C16H30N4O2/c1-3-4-5-6-7-8-9-10-11-12-18-14-13-15(22-2)19-16(17)20(14)21/h13,18H,3-12H2,1-2H3,(H2,17,19). The molecule has 126 valence electrons. The molecule has 0 aromatic carbocycles. The van der Waals surface area contributed by atoms with Crippen molar-refractivity contribution < 1.29 is 9.47 Å². The molecule has 0 aliphatic rings. The molecule has 0 saturated heterocycles. The van der Waals surface area contributed by atoms with Gasteiger partial charge >= 0.3 is 5.95 Å². The Balaban J connectivity index is 2.13. The summed E-state index contributed by atoms with van der Waals surface area (Å²) in [5, 5.41) is 14.8. The lowest BCUT2D eigenvalue weighted by Crippen LogP contribution is -2.35. The first-order valence-electron chi connectivity index (χ1n) is 8.37. The Labute approximate surface area is 133 Å². The monoisotopic (exact) mass is 310 g/mol. The van der Waals surface area contributed by atoms with Crippen molar-refractivity contribution in [3.05, 3.63) is 11.3 Å². The van der Waals surface area contributed by atoms with Crippen LogP contribution in [0.1, 0.15) is 64.7 Å². The second kappa shape index (κ2) is 10.9. The van der Waals surface area contributed by atoms with Crippen molar-refractivity contribution in [2.24, 2.45) is 0 Å². The third-order valence-corrected chi connectivity index (χ3v) is 3.71. The lowest BCUT2D eigenvalue weighted by atomic mass is 10.1. The van der Waals surface area contributed by atoms with E-state index < -0.39 is 0 Å². The average Bonchev–Trinajstić information content (AvgIpc) is 2.52. The summed E-state index contributed by atoms with van der Waals surface area (Å²) in [5.74, 6) is 0.636. The van der Waals surface area contributed by atoms with Gasteiger partial charge in [0.15, 0.2) is 0 Å². The van der Waals surface area contributed by atoms with Gasteiger partial charge in [0.2, 0.25) is 5.82 Å². The molecule has 0 spiro atoms. The molecule has 1 heterocycles. The van der Waals surface area contributed by atoms with Gasteiger partial charge < -0.3 is 21.0 Å². The number of nitrogens with one attached hydrogen (secondary N) is 1. The Kier molecular flexibility index (Phi) is 9.11. The molecule has 0 radical (unpaired) electrons. The number of methoxy groups -OCH3 is 1. The zero-order valence-corrected chi connectivity index (χ0v) is 13.9. The first kappa shape index (κ1) is 18.3. The van der Waals surface area contributed by atoms with Crippen molar-refractivity contribution in [3.8, 4) is 5.88 Å². The van der Waals surface area contributed by atoms with Gasteiger partial charge in [-0.25, -0.2) is 4.73 Å². The molecule has 1 aromatic heterocycles. The highest BCUT2D eigenvalue weighted by molar-refractivity contribution is 5.36. The fraction of sp³-hybridized carbons (Fsp3) is 0.750. The fourth-order valence-electron chi connectivity index (χ4n) is 2.37. The van der Waals surface area contributed by atoms with Crippen LogP contribution in [-0.4, -0.2) is 18.6 Å². The summed E-state index contributed by atoms with van der Waals surface area (Å²) in [4.78, 5) is 3.82. The molecule has 6 heteroatoms. The molecule has 0 saturated carbocycles. The van der Waals surface area contributed by atoms with Gasteiger partial charge in [-0.15, -0.1) is 0 Å². The van der Waals surface area contributed by atoms with E-state index in [-0.39, 0.29) is 5.95 Å². The molecular weight excluding hydrogens is 280 g/mol. The molecule has 0 atom stereocenters. The SMILES string of the molecule is CCCCCCCCCCCNc1cc(OC)nc(N)[n+]1[O-]. The van der Waals surface area contributed by atoms with Gasteiger partial charge in [0.25, 0.3) is 5.88 Å². The van der Waals surface area contributed by atoms with Crippen molar-refractivity contribution in [2.45, 2.75) is 64.7 Å². The van der Waals surface area contributed by atoms with Crippen LogP contribution in [0.3, 0.4) is 0 Å². The maximum absolute atomic E-state index is 11.7. The molecule has 1 rings (SSSR count). The Morgan fingerprint density at radius 2 is 1.73 bits per heavy atom. The zero-order chi connectivity index (χ0) is 16.2. The van der Waals surface area contributed by atoms with Crippen molar-refractivity contribution in [1.82, 2.24) is 4.98 Å². The van der Waals surface area contributed by atoms with Gasteiger partial charge in [0.05, 0.1) is 13.2 Å². The second-order valence-electron chi connectivity index (χ2n) is 5.59. The molecule has 1 aromatic rings. The van der Waals surface area contributed by atoms with Crippen molar-refractivity contribution in [2.75, 3.05) is 24.7 Å². The van der Waals surface area contributed by atoms with Crippen molar-refractivity contribution in [1.29, 1.82) is 0 Å². The van der Waals surface area contributed by atoms with Gasteiger partial charge in [0.1, 0.15) is 0 Å². The fourth-order valence-corrected chi connectivity index (χ4v) is 2.37. The number of unbranched alkanes of at least 4 members (excludes halogenated alkanes) is 8. The van der Waals surface area contributed by atoms with E-state index >= 15 is 0 Å². The predicted octanol–water partition coefficient (Wildman–Crippen LogP) is 3.25. The number of nitrogens with zero attached hydrogens (tertiary/aromatic N) is 2. The Bertz CT molecular complexity index is 427. The molecular formula is C16H30N4O2. The molecule has 0 amide bonds. The molecule has 0 bridgehead atoms. The predicted molar refractivity (Wildman–Crippen MR) is 89.9 cm³/mol. The van der Waals surface area contributed by atoms with Crippen LogP contribution in [0.4, 0.5) is 11.8 Å². The molecule has 0 fully saturated rings. The average molecular weight is 310 g/mol. The minimum absolute atomic E-state index is 0.103. The van der Waals surface area contributed by atoms with Crippen LogP contribution in [0.2, 0.25) is 0 Å². The molecule has 0 unspecified atom stereocenters. The number of rotatable bonds is 12. The Hall–Kier alpha value is -1.72. The van der Waals surface area contributed by atoms with Gasteiger partial charge in [-0.2, -0.15) is 0 Å². The first-order valence-corrected chi connectivity index (χ1v) is 8.37. The van der Waals surface area contributed by atoms with E-state index in [0.29, 0.717) is 16.4 Å². The van der Waals surface area contributed by atoms with Gasteiger partial charge in [-0.1, -0.05) is 63.3 Å². The van der Waals surface area contributed by atoms with Crippen LogP contribution in [0, 0.1) is 5.21 Å². The number of nitrogens with two attached hydrogens (primary N) is 1. The highest BCUT2D eigenvalue weighted by atomic mass is 16.5. The van der Waals surface area contributed by atoms with Gasteiger partial charge in [0, 0.05) is 6.54 Å². The quantitative estimate of drug-likeness (QED) is 0.351. The maximum Gasteiger partial charge on any atom is 0.347 e. The summed E-state index contributed by atoms with van der Waals surface area (Å²) in [6, 6.07) is 1.57. The smallest absolute Gasteiger partial charge is 0.347 e. The molecule has 22 heavy (non-hydrogen) atoms. The third kappa shape index (κ3) is 6.83.